The van der Waals surface area contributed by atoms with Crippen molar-refractivity contribution in [2.75, 3.05) is 6.54 Å². The van der Waals surface area contributed by atoms with Gasteiger partial charge in [0.2, 0.25) is 17.7 Å². The van der Waals surface area contributed by atoms with Gasteiger partial charge in [-0.2, -0.15) is 4.98 Å². The first kappa shape index (κ1) is 15.3. The van der Waals surface area contributed by atoms with Gasteiger partial charge < -0.3 is 14.3 Å². The van der Waals surface area contributed by atoms with E-state index >= 15 is 0 Å². The third kappa shape index (κ3) is 3.16. The van der Waals surface area contributed by atoms with Crippen molar-refractivity contribution in [3.63, 3.8) is 0 Å². The number of hydrogen-bond donors (Lipinski definition) is 1. The van der Waals surface area contributed by atoms with Crippen LogP contribution in [0.5, 0.6) is 0 Å². The number of amides is 1. The van der Waals surface area contributed by atoms with Gasteiger partial charge in [0.25, 0.3) is 11.7 Å². The van der Waals surface area contributed by atoms with E-state index in [0.717, 1.165) is 38.6 Å². The van der Waals surface area contributed by atoms with Crippen LogP contribution in [-0.2, 0) is 13.0 Å². The Hall–Kier alpha value is -2.29. The van der Waals surface area contributed by atoms with Crippen molar-refractivity contribution >= 4 is 5.91 Å². The highest BCUT2D eigenvalue weighted by molar-refractivity contribution is 5.90. The smallest absolute Gasteiger partial charge is 0.292 e. The van der Waals surface area contributed by atoms with Crippen LogP contribution in [0.3, 0.4) is 0 Å². The van der Waals surface area contributed by atoms with Crippen LogP contribution in [0.1, 0.15) is 66.9 Å². The summed E-state index contributed by atoms with van der Waals surface area (Å²) in [5, 5.41) is 14.7. The second-order valence-electron chi connectivity index (χ2n) is 6.28. The molecule has 1 unspecified atom stereocenters. The lowest BCUT2D eigenvalue weighted by Gasteiger charge is -2.19. The first-order valence-corrected chi connectivity index (χ1v) is 8.42. The molecular weight excluding hydrogens is 312 g/mol. The molecule has 9 nitrogen and oxygen atoms in total. The van der Waals surface area contributed by atoms with E-state index in [9.17, 15) is 4.79 Å². The van der Waals surface area contributed by atoms with E-state index < -0.39 is 0 Å². The second kappa shape index (κ2) is 6.31. The first-order valence-electron chi connectivity index (χ1n) is 8.42. The van der Waals surface area contributed by atoms with Gasteiger partial charge in [-0.15, -0.1) is 10.2 Å². The number of rotatable bonds is 6. The molecule has 24 heavy (non-hydrogen) atoms. The van der Waals surface area contributed by atoms with Crippen molar-refractivity contribution < 1.29 is 13.7 Å². The van der Waals surface area contributed by atoms with Crippen LogP contribution in [0.2, 0.25) is 0 Å². The van der Waals surface area contributed by atoms with Crippen LogP contribution in [0, 0.1) is 0 Å². The standard InChI is InChI=1S/C15H20N6O3/c1-2-11-18-19-12(23-11)8-21-7-3-4-10(21)15-17-13(20-24-15)14(22)16-9-5-6-9/h9-10H,2-8H2,1H3,(H,16,22). The van der Waals surface area contributed by atoms with Crippen LogP contribution in [-0.4, -0.2) is 43.7 Å². The molecule has 0 aromatic carbocycles. The van der Waals surface area contributed by atoms with E-state index in [0.29, 0.717) is 24.2 Å². The van der Waals surface area contributed by atoms with Gasteiger partial charge in [0.1, 0.15) is 0 Å². The topological polar surface area (TPSA) is 110 Å². The summed E-state index contributed by atoms with van der Waals surface area (Å²) < 4.78 is 10.9. The summed E-state index contributed by atoms with van der Waals surface area (Å²) in [7, 11) is 0. The Morgan fingerprint density at radius 3 is 2.88 bits per heavy atom. The number of nitrogens with one attached hydrogen (secondary N) is 1. The highest BCUT2D eigenvalue weighted by Crippen LogP contribution is 2.32. The molecule has 1 saturated carbocycles. The fraction of sp³-hybridized carbons (Fsp3) is 0.667. The average molecular weight is 332 g/mol. The average Bonchev–Trinajstić information content (AvgIpc) is 3.01. The van der Waals surface area contributed by atoms with Gasteiger partial charge in [0.05, 0.1) is 12.6 Å². The summed E-state index contributed by atoms with van der Waals surface area (Å²) in [6.45, 7) is 3.41. The Morgan fingerprint density at radius 2 is 2.12 bits per heavy atom. The molecule has 2 fully saturated rings. The first-order chi connectivity index (χ1) is 11.7. The van der Waals surface area contributed by atoms with Crippen LogP contribution in [0.4, 0.5) is 0 Å². The normalized spacial score (nSPS) is 21.3. The highest BCUT2D eigenvalue weighted by Gasteiger charge is 2.33. The number of nitrogens with zero attached hydrogens (tertiary/aromatic N) is 5. The molecule has 9 heteroatoms. The Morgan fingerprint density at radius 1 is 1.29 bits per heavy atom. The quantitative estimate of drug-likeness (QED) is 0.841. The van der Waals surface area contributed by atoms with Crippen LogP contribution >= 0.6 is 0 Å². The summed E-state index contributed by atoms with van der Waals surface area (Å²) in [4.78, 5) is 18.4. The minimum absolute atomic E-state index is 0.0167. The van der Waals surface area contributed by atoms with Crippen molar-refractivity contribution in [1.29, 1.82) is 0 Å². The maximum absolute atomic E-state index is 12.0. The van der Waals surface area contributed by atoms with Gasteiger partial charge in [-0.1, -0.05) is 12.1 Å². The van der Waals surface area contributed by atoms with Crippen molar-refractivity contribution in [1.82, 2.24) is 30.6 Å². The number of hydrogen-bond acceptors (Lipinski definition) is 8. The second-order valence-corrected chi connectivity index (χ2v) is 6.28. The van der Waals surface area contributed by atoms with E-state index in [1.807, 2.05) is 6.92 Å². The van der Waals surface area contributed by atoms with Gasteiger partial charge in [-0.05, 0) is 32.2 Å². The fourth-order valence-corrected chi connectivity index (χ4v) is 2.90. The van der Waals surface area contributed by atoms with Gasteiger partial charge in [-0.3, -0.25) is 9.69 Å². The molecule has 1 atom stereocenters. The van der Waals surface area contributed by atoms with Gasteiger partial charge in [0.15, 0.2) is 0 Å². The minimum atomic E-state index is -0.262. The molecular formula is C15H20N6O3. The molecule has 0 bridgehead atoms. The van der Waals surface area contributed by atoms with Gasteiger partial charge in [0, 0.05) is 12.5 Å². The molecule has 0 spiro atoms. The zero-order valence-electron chi connectivity index (χ0n) is 13.6. The molecule has 3 heterocycles. The fourth-order valence-electron chi connectivity index (χ4n) is 2.90. The molecule has 2 aromatic heterocycles. The van der Waals surface area contributed by atoms with Crippen molar-refractivity contribution in [2.45, 2.75) is 57.7 Å². The lowest BCUT2D eigenvalue weighted by Crippen LogP contribution is -2.27. The molecule has 1 saturated heterocycles. The molecule has 0 radical (unpaired) electrons. The third-order valence-corrected chi connectivity index (χ3v) is 4.36. The number of aryl methyl sites for hydroxylation is 1. The van der Waals surface area contributed by atoms with E-state index in [-0.39, 0.29) is 23.8 Å². The number of carbonyl (C=O) groups is 1. The Balaban J connectivity index is 1.44. The molecule has 2 aromatic rings. The zero-order chi connectivity index (χ0) is 16.5. The predicted molar refractivity (Wildman–Crippen MR) is 80.8 cm³/mol. The Bertz CT molecular complexity index is 722. The summed E-state index contributed by atoms with van der Waals surface area (Å²) in [6.07, 6.45) is 4.69. The van der Waals surface area contributed by atoms with E-state index in [1.165, 1.54) is 0 Å². The third-order valence-electron chi connectivity index (χ3n) is 4.36. The molecule has 128 valence electrons. The maximum Gasteiger partial charge on any atom is 0.292 e. The summed E-state index contributed by atoms with van der Waals surface area (Å²) in [6, 6.07) is 0.254. The van der Waals surface area contributed by atoms with Crippen molar-refractivity contribution in [3.05, 3.63) is 23.5 Å². The SMILES string of the molecule is CCc1nnc(CN2CCCC2c2nc(C(=O)NC3CC3)no2)o1. The Kier molecular flexibility index (Phi) is 4.01. The number of aromatic nitrogens is 4. The van der Waals surface area contributed by atoms with Crippen molar-refractivity contribution in [2.24, 2.45) is 0 Å². The minimum Gasteiger partial charge on any atom is -0.424 e. The lowest BCUT2D eigenvalue weighted by molar-refractivity contribution is 0.0937. The van der Waals surface area contributed by atoms with Crippen LogP contribution < -0.4 is 5.32 Å². The van der Waals surface area contributed by atoms with Gasteiger partial charge in [-0.25, -0.2) is 0 Å². The highest BCUT2D eigenvalue weighted by atomic mass is 16.5. The Labute approximate surface area is 138 Å². The summed E-state index contributed by atoms with van der Waals surface area (Å²) in [5.74, 6) is 1.54. The van der Waals surface area contributed by atoms with Crippen LogP contribution in [0.25, 0.3) is 0 Å². The summed E-state index contributed by atoms with van der Waals surface area (Å²) in [5.41, 5.74) is 0. The summed E-state index contributed by atoms with van der Waals surface area (Å²) >= 11 is 0. The monoisotopic (exact) mass is 332 g/mol. The molecule has 2 aliphatic rings. The zero-order valence-corrected chi connectivity index (χ0v) is 13.6. The van der Waals surface area contributed by atoms with E-state index in [1.54, 1.807) is 0 Å². The van der Waals surface area contributed by atoms with Gasteiger partial charge >= 0.3 is 0 Å². The van der Waals surface area contributed by atoms with E-state index in [4.69, 9.17) is 8.94 Å². The lowest BCUT2D eigenvalue weighted by atomic mass is 10.2. The maximum atomic E-state index is 12.0. The molecule has 1 N–H and O–H groups in total. The molecule has 1 amide bonds. The van der Waals surface area contributed by atoms with Crippen molar-refractivity contribution in [3.8, 4) is 0 Å². The molecule has 1 aliphatic carbocycles. The molecule has 1 aliphatic heterocycles. The largest absolute Gasteiger partial charge is 0.424 e. The van der Waals surface area contributed by atoms with Crippen LogP contribution in [0.15, 0.2) is 8.94 Å². The van der Waals surface area contributed by atoms with E-state index in [2.05, 4.69) is 30.6 Å². The number of likely N-dealkylation sites (tertiary alicyclic amines) is 1. The number of carbonyl (C=O) groups excluding carboxylic acids is 1. The predicted octanol–water partition coefficient (Wildman–Crippen LogP) is 1.24. The molecule has 4 rings (SSSR count).